The van der Waals surface area contributed by atoms with Crippen LogP contribution >= 0.6 is 0 Å². The minimum absolute atomic E-state index is 0.990. The highest BCUT2D eigenvalue weighted by atomic mass is 14.9. The van der Waals surface area contributed by atoms with Crippen molar-refractivity contribution in [1.29, 1.82) is 0 Å². The number of hydrogen-bond donors (Lipinski definition) is 0. The maximum Gasteiger partial charge on any atom is 0.0669 e. The van der Waals surface area contributed by atoms with Gasteiger partial charge in [0, 0.05) is 5.56 Å². The van der Waals surface area contributed by atoms with Gasteiger partial charge < -0.3 is 0 Å². The molecule has 0 saturated heterocycles. The van der Waals surface area contributed by atoms with Gasteiger partial charge in [-0.05, 0) is 31.5 Å². The fourth-order valence-electron chi connectivity index (χ4n) is 1.78. The maximum absolute atomic E-state index is 4.67. The minimum Gasteiger partial charge on any atom is -0.249 e. The van der Waals surface area contributed by atoms with Crippen molar-refractivity contribution in [2.24, 2.45) is 0 Å². The van der Waals surface area contributed by atoms with E-state index in [1.54, 1.807) is 0 Å². The van der Waals surface area contributed by atoms with E-state index in [4.69, 9.17) is 0 Å². The summed E-state index contributed by atoms with van der Waals surface area (Å²) in [6.45, 7) is 4.13. The highest BCUT2D eigenvalue weighted by molar-refractivity contribution is 5.70. The Bertz CT molecular complexity index is 512. The van der Waals surface area contributed by atoms with Gasteiger partial charge in [-0.1, -0.05) is 48.5 Å². The van der Waals surface area contributed by atoms with Gasteiger partial charge in [-0.25, -0.2) is 5.32 Å². The highest BCUT2D eigenvalue weighted by Gasteiger charge is 2.05. The first-order chi connectivity index (χ1) is 8.31. The Morgan fingerprint density at radius 3 is 2.24 bits per heavy atom. The van der Waals surface area contributed by atoms with Gasteiger partial charge in [0.05, 0.1) is 11.4 Å². The van der Waals surface area contributed by atoms with Crippen LogP contribution in [0.25, 0.3) is 5.70 Å². The van der Waals surface area contributed by atoms with Gasteiger partial charge in [0.15, 0.2) is 0 Å². The molecule has 17 heavy (non-hydrogen) atoms. The fraction of sp³-hybridized carbons (Fsp3) is 0.125. The molecule has 2 aromatic rings. The average Bonchev–Trinajstić information content (AvgIpc) is 2.38. The van der Waals surface area contributed by atoms with Gasteiger partial charge in [0.2, 0.25) is 0 Å². The Balaban J connectivity index is 2.28. The molecule has 0 heterocycles. The number of aryl methyl sites for hydroxylation is 1. The van der Waals surface area contributed by atoms with E-state index in [1.165, 1.54) is 11.1 Å². The van der Waals surface area contributed by atoms with Gasteiger partial charge in [0.25, 0.3) is 0 Å². The van der Waals surface area contributed by atoms with E-state index in [1.807, 2.05) is 43.3 Å². The van der Waals surface area contributed by atoms with Crippen LogP contribution in [0.5, 0.6) is 0 Å². The molecular formula is C16H16N. The van der Waals surface area contributed by atoms with Crippen LogP contribution < -0.4 is 5.32 Å². The lowest BCUT2D eigenvalue weighted by molar-refractivity contribution is 1.18. The number of para-hydroxylation sites is 1. The predicted octanol–water partition coefficient (Wildman–Crippen LogP) is 4.29. The van der Waals surface area contributed by atoms with E-state index >= 15 is 0 Å². The lowest BCUT2D eigenvalue weighted by Gasteiger charge is -2.10. The van der Waals surface area contributed by atoms with Crippen LogP contribution in [0, 0.1) is 6.92 Å². The Kier molecular flexibility index (Phi) is 3.61. The van der Waals surface area contributed by atoms with Crippen molar-refractivity contribution in [2.45, 2.75) is 13.8 Å². The molecule has 0 unspecified atom stereocenters. The van der Waals surface area contributed by atoms with E-state index in [0.717, 1.165) is 11.4 Å². The topological polar surface area (TPSA) is 14.1 Å². The lowest BCUT2D eigenvalue weighted by atomic mass is 10.1. The number of benzene rings is 2. The van der Waals surface area contributed by atoms with Crippen LogP contribution in [0.4, 0.5) is 5.69 Å². The summed E-state index contributed by atoms with van der Waals surface area (Å²) in [6, 6.07) is 18.4. The van der Waals surface area contributed by atoms with Crippen molar-refractivity contribution in [1.82, 2.24) is 5.32 Å². The molecule has 0 aliphatic heterocycles. The first-order valence-corrected chi connectivity index (χ1v) is 5.80. The van der Waals surface area contributed by atoms with E-state index in [0.29, 0.717) is 0 Å². The summed E-state index contributed by atoms with van der Waals surface area (Å²) in [5.74, 6) is 0. The van der Waals surface area contributed by atoms with Crippen LogP contribution in [0.3, 0.4) is 0 Å². The molecule has 0 saturated carbocycles. The molecule has 0 aliphatic rings. The van der Waals surface area contributed by atoms with Gasteiger partial charge in [-0.3, -0.25) is 0 Å². The van der Waals surface area contributed by atoms with Gasteiger partial charge >= 0.3 is 0 Å². The van der Waals surface area contributed by atoms with Crippen molar-refractivity contribution in [3.05, 3.63) is 71.8 Å². The third-order valence-electron chi connectivity index (χ3n) is 2.70. The van der Waals surface area contributed by atoms with Crippen LogP contribution in [0.15, 0.2) is 60.7 Å². The second-order valence-corrected chi connectivity index (χ2v) is 3.94. The molecule has 1 nitrogen and oxygen atoms in total. The first-order valence-electron chi connectivity index (χ1n) is 5.80. The van der Waals surface area contributed by atoms with E-state index < -0.39 is 0 Å². The molecule has 1 heteroatoms. The van der Waals surface area contributed by atoms with Crippen LogP contribution in [-0.2, 0) is 0 Å². The molecule has 2 aromatic carbocycles. The predicted molar refractivity (Wildman–Crippen MR) is 73.1 cm³/mol. The summed E-state index contributed by atoms with van der Waals surface area (Å²) < 4.78 is 0. The van der Waals surface area contributed by atoms with E-state index in [-0.39, 0.29) is 0 Å². The Morgan fingerprint density at radius 2 is 1.59 bits per heavy atom. The summed E-state index contributed by atoms with van der Waals surface area (Å²) in [4.78, 5) is 0. The molecule has 0 N–H and O–H groups in total. The fourth-order valence-corrected chi connectivity index (χ4v) is 1.78. The SMILES string of the molecule is C/C=C(\[N]c1ccccc1)c1ccccc1C. The number of rotatable bonds is 3. The summed E-state index contributed by atoms with van der Waals surface area (Å²) in [6.07, 6.45) is 2.05. The average molecular weight is 222 g/mol. The van der Waals surface area contributed by atoms with Gasteiger partial charge in [0.1, 0.15) is 0 Å². The molecular weight excluding hydrogens is 206 g/mol. The molecule has 85 valence electrons. The van der Waals surface area contributed by atoms with Crippen molar-refractivity contribution in [3.8, 4) is 0 Å². The summed E-state index contributed by atoms with van der Waals surface area (Å²) in [5, 5.41) is 4.67. The number of hydrogen-bond acceptors (Lipinski definition) is 0. The summed E-state index contributed by atoms with van der Waals surface area (Å²) >= 11 is 0. The van der Waals surface area contributed by atoms with Crippen LogP contribution in [-0.4, -0.2) is 0 Å². The van der Waals surface area contributed by atoms with Crippen molar-refractivity contribution in [3.63, 3.8) is 0 Å². The standard InChI is InChI=1S/C16H16N/c1-3-16(15-12-8-7-9-13(15)2)17-14-10-5-4-6-11-14/h3-12H,1-2H3/b16-3-. The zero-order valence-corrected chi connectivity index (χ0v) is 10.2. The zero-order chi connectivity index (χ0) is 12.1. The molecule has 0 amide bonds. The second-order valence-electron chi connectivity index (χ2n) is 3.94. The maximum atomic E-state index is 4.67. The minimum atomic E-state index is 0.990. The Hall–Kier alpha value is -2.02. The van der Waals surface area contributed by atoms with Crippen molar-refractivity contribution < 1.29 is 0 Å². The van der Waals surface area contributed by atoms with Crippen LogP contribution in [0.2, 0.25) is 0 Å². The summed E-state index contributed by atoms with van der Waals surface area (Å²) in [5.41, 5.74) is 4.46. The highest BCUT2D eigenvalue weighted by Crippen LogP contribution is 2.21. The Labute approximate surface area is 103 Å². The van der Waals surface area contributed by atoms with Crippen molar-refractivity contribution in [2.75, 3.05) is 0 Å². The zero-order valence-electron chi connectivity index (χ0n) is 10.2. The first kappa shape index (κ1) is 11.5. The van der Waals surface area contributed by atoms with E-state index in [9.17, 15) is 0 Å². The van der Waals surface area contributed by atoms with Gasteiger partial charge in [-0.15, -0.1) is 0 Å². The molecule has 0 aliphatic carbocycles. The third-order valence-corrected chi connectivity index (χ3v) is 2.70. The molecule has 0 spiro atoms. The van der Waals surface area contributed by atoms with Gasteiger partial charge in [-0.2, -0.15) is 0 Å². The quantitative estimate of drug-likeness (QED) is 0.735. The third kappa shape index (κ3) is 2.76. The largest absolute Gasteiger partial charge is 0.249 e. The lowest BCUT2D eigenvalue weighted by Crippen LogP contribution is -1.99. The molecule has 0 atom stereocenters. The summed E-state index contributed by atoms with van der Waals surface area (Å²) in [7, 11) is 0. The normalized spacial score (nSPS) is 11.3. The number of allylic oxidation sites excluding steroid dienone is 1. The Morgan fingerprint density at radius 1 is 0.941 bits per heavy atom. The number of nitrogens with zero attached hydrogens (tertiary/aromatic N) is 1. The molecule has 1 radical (unpaired) electrons. The van der Waals surface area contributed by atoms with E-state index in [2.05, 4.69) is 36.5 Å². The molecule has 2 rings (SSSR count). The monoisotopic (exact) mass is 222 g/mol. The molecule has 0 aromatic heterocycles. The van der Waals surface area contributed by atoms with Crippen LogP contribution in [0.1, 0.15) is 18.1 Å². The van der Waals surface area contributed by atoms with Crippen molar-refractivity contribution >= 4 is 11.4 Å². The second kappa shape index (κ2) is 5.35. The molecule has 0 bridgehead atoms. The molecule has 0 fully saturated rings. The smallest absolute Gasteiger partial charge is 0.0669 e.